The molecule has 0 amide bonds. The molecule has 2 heteroatoms. The van der Waals surface area contributed by atoms with Crippen LogP contribution in [-0.4, -0.2) is 42.0 Å². The highest BCUT2D eigenvalue weighted by Crippen LogP contribution is 2.18. The van der Waals surface area contributed by atoms with Gasteiger partial charge in [0.15, 0.2) is 0 Å². The van der Waals surface area contributed by atoms with Gasteiger partial charge in [-0.15, -0.1) is 0 Å². The lowest BCUT2D eigenvalue weighted by atomic mass is 10.0. The molecule has 1 heterocycles. The van der Waals surface area contributed by atoms with Crippen LogP contribution >= 0.6 is 0 Å². The predicted molar refractivity (Wildman–Crippen MR) is 84.7 cm³/mol. The van der Waals surface area contributed by atoms with Gasteiger partial charge in [-0.3, -0.25) is 9.80 Å². The zero-order valence-corrected chi connectivity index (χ0v) is 12.4. The minimum absolute atomic E-state index is 0.709. The second-order valence-electron chi connectivity index (χ2n) is 6.08. The van der Waals surface area contributed by atoms with E-state index in [1.807, 2.05) is 0 Å². The Morgan fingerprint density at radius 3 is 2.65 bits per heavy atom. The molecule has 0 bridgehead atoms. The second-order valence-corrected chi connectivity index (χ2v) is 6.08. The summed E-state index contributed by atoms with van der Waals surface area (Å²) in [5.41, 5.74) is 1.44. The van der Waals surface area contributed by atoms with Crippen LogP contribution in [0, 0.1) is 0 Å². The summed E-state index contributed by atoms with van der Waals surface area (Å²) < 4.78 is 0. The Hall–Kier alpha value is -1.12. The van der Waals surface area contributed by atoms with Crippen LogP contribution in [0.3, 0.4) is 0 Å². The minimum Gasteiger partial charge on any atom is -0.298 e. The van der Waals surface area contributed by atoms with Crippen molar-refractivity contribution in [1.29, 1.82) is 0 Å². The van der Waals surface area contributed by atoms with Crippen molar-refractivity contribution in [2.24, 2.45) is 0 Å². The van der Waals surface area contributed by atoms with Crippen LogP contribution in [0.1, 0.15) is 31.2 Å². The molecule has 0 saturated carbocycles. The summed E-state index contributed by atoms with van der Waals surface area (Å²) in [6.07, 6.45) is 10.1. The fraction of sp³-hybridized carbons (Fsp3) is 0.556. The molecule has 0 spiro atoms. The zero-order chi connectivity index (χ0) is 13.6. The van der Waals surface area contributed by atoms with Crippen molar-refractivity contribution in [2.45, 2.75) is 38.3 Å². The van der Waals surface area contributed by atoms with Gasteiger partial charge in [0.2, 0.25) is 0 Å². The molecule has 0 N–H and O–H groups in total. The topological polar surface area (TPSA) is 6.48 Å². The first-order chi connectivity index (χ1) is 9.92. The van der Waals surface area contributed by atoms with Crippen LogP contribution in [0.15, 0.2) is 42.5 Å². The van der Waals surface area contributed by atoms with E-state index in [9.17, 15) is 0 Å². The summed E-state index contributed by atoms with van der Waals surface area (Å²) in [4.78, 5) is 5.31. The van der Waals surface area contributed by atoms with Crippen LogP contribution in [0.2, 0.25) is 0 Å². The van der Waals surface area contributed by atoms with E-state index in [0.717, 1.165) is 6.54 Å². The molecule has 1 atom stereocenters. The van der Waals surface area contributed by atoms with Crippen molar-refractivity contribution < 1.29 is 0 Å². The van der Waals surface area contributed by atoms with Crippen LogP contribution in [0.5, 0.6) is 0 Å². The van der Waals surface area contributed by atoms with Gasteiger partial charge in [0, 0.05) is 25.7 Å². The number of rotatable bonds is 3. The first-order valence-corrected chi connectivity index (χ1v) is 8.09. The van der Waals surface area contributed by atoms with Crippen molar-refractivity contribution >= 4 is 0 Å². The van der Waals surface area contributed by atoms with Gasteiger partial charge in [0.25, 0.3) is 0 Å². The molecule has 2 nitrogen and oxygen atoms in total. The van der Waals surface area contributed by atoms with Crippen molar-refractivity contribution in [1.82, 2.24) is 9.80 Å². The van der Waals surface area contributed by atoms with Gasteiger partial charge < -0.3 is 0 Å². The van der Waals surface area contributed by atoms with Gasteiger partial charge in [-0.1, -0.05) is 42.5 Å². The van der Waals surface area contributed by atoms with E-state index in [1.165, 1.54) is 57.4 Å². The third kappa shape index (κ3) is 3.71. The molecule has 1 saturated heterocycles. The van der Waals surface area contributed by atoms with E-state index in [2.05, 4.69) is 52.3 Å². The molecule has 3 rings (SSSR count). The molecule has 1 aromatic carbocycles. The Labute approximate surface area is 123 Å². The molecule has 108 valence electrons. The van der Waals surface area contributed by atoms with E-state index in [4.69, 9.17) is 0 Å². The molecule has 1 aliphatic heterocycles. The molecule has 1 unspecified atom stereocenters. The normalized spacial score (nSPS) is 25.5. The van der Waals surface area contributed by atoms with Crippen molar-refractivity contribution in [3.8, 4) is 0 Å². The Morgan fingerprint density at radius 1 is 0.950 bits per heavy atom. The molecule has 1 aliphatic carbocycles. The summed E-state index contributed by atoms with van der Waals surface area (Å²) >= 11 is 0. The van der Waals surface area contributed by atoms with E-state index in [1.54, 1.807) is 0 Å². The monoisotopic (exact) mass is 270 g/mol. The molecule has 1 aromatic rings. The van der Waals surface area contributed by atoms with Crippen LogP contribution in [0.25, 0.3) is 0 Å². The smallest absolute Gasteiger partial charge is 0.0278 e. The van der Waals surface area contributed by atoms with Crippen LogP contribution in [0.4, 0.5) is 0 Å². The summed E-state index contributed by atoms with van der Waals surface area (Å²) in [7, 11) is 0. The quantitative estimate of drug-likeness (QED) is 0.778. The average molecular weight is 270 g/mol. The van der Waals surface area contributed by atoms with Gasteiger partial charge in [-0.05, 0) is 44.3 Å². The van der Waals surface area contributed by atoms with E-state index in [-0.39, 0.29) is 0 Å². The Kier molecular flexibility index (Phi) is 4.88. The standard InChI is InChI=1S/C18H26N2/c1-3-8-17(9-4-1)16-19-12-7-13-20(15-14-19)18-10-5-2-6-11-18/h1,3-5,8-10,18H,2,6-7,11-16H2. The highest BCUT2D eigenvalue weighted by molar-refractivity contribution is 5.14. The van der Waals surface area contributed by atoms with Gasteiger partial charge in [0.05, 0.1) is 0 Å². The second kappa shape index (κ2) is 7.05. The van der Waals surface area contributed by atoms with E-state index in [0.29, 0.717) is 6.04 Å². The highest BCUT2D eigenvalue weighted by atomic mass is 15.2. The molecule has 1 fully saturated rings. The molecule has 20 heavy (non-hydrogen) atoms. The molecule has 0 radical (unpaired) electrons. The highest BCUT2D eigenvalue weighted by Gasteiger charge is 2.21. The SMILES string of the molecule is C1=CC(N2CCCN(Cc3ccccc3)CC2)CCC1. The molecular weight excluding hydrogens is 244 g/mol. The van der Waals surface area contributed by atoms with Crippen molar-refractivity contribution in [2.75, 3.05) is 26.2 Å². The number of benzene rings is 1. The fourth-order valence-corrected chi connectivity index (χ4v) is 3.42. The van der Waals surface area contributed by atoms with Gasteiger partial charge in [0.1, 0.15) is 0 Å². The number of allylic oxidation sites excluding steroid dienone is 1. The van der Waals surface area contributed by atoms with Gasteiger partial charge >= 0.3 is 0 Å². The summed E-state index contributed by atoms with van der Waals surface area (Å²) in [5.74, 6) is 0. The average Bonchev–Trinajstić information content (AvgIpc) is 2.75. The molecular formula is C18H26N2. The first-order valence-electron chi connectivity index (χ1n) is 8.09. The van der Waals surface area contributed by atoms with E-state index >= 15 is 0 Å². The van der Waals surface area contributed by atoms with Crippen LogP contribution < -0.4 is 0 Å². The number of hydrogen-bond acceptors (Lipinski definition) is 2. The van der Waals surface area contributed by atoms with Crippen LogP contribution in [-0.2, 0) is 6.54 Å². The summed E-state index contributed by atoms with van der Waals surface area (Å²) in [6, 6.07) is 11.6. The Morgan fingerprint density at radius 2 is 1.85 bits per heavy atom. The maximum atomic E-state index is 2.70. The van der Waals surface area contributed by atoms with Crippen molar-refractivity contribution in [3.63, 3.8) is 0 Å². The third-order valence-corrected chi connectivity index (χ3v) is 4.57. The fourth-order valence-electron chi connectivity index (χ4n) is 3.42. The summed E-state index contributed by atoms with van der Waals surface area (Å²) in [6.45, 7) is 6.04. The van der Waals surface area contributed by atoms with E-state index < -0.39 is 0 Å². The maximum absolute atomic E-state index is 2.70. The largest absolute Gasteiger partial charge is 0.298 e. The lowest BCUT2D eigenvalue weighted by Crippen LogP contribution is -2.38. The predicted octanol–water partition coefficient (Wildman–Crippen LogP) is 3.30. The lowest BCUT2D eigenvalue weighted by molar-refractivity contribution is 0.211. The number of nitrogens with zero attached hydrogens (tertiary/aromatic N) is 2. The number of hydrogen-bond donors (Lipinski definition) is 0. The summed E-state index contributed by atoms with van der Waals surface area (Å²) in [5, 5.41) is 0. The lowest BCUT2D eigenvalue weighted by Gasteiger charge is -2.30. The molecule has 0 aromatic heterocycles. The van der Waals surface area contributed by atoms with Gasteiger partial charge in [-0.25, -0.2) is 0 Å². The Balaban J connectivity index is 1.54. The Bertz CT molecular complexity index is 426. The first kappa shape index (κ1) is 13.8. The maximum Gasteiger partial charge on any atom is 0.0278 e. The van der Waals surface area contributed by atoms with Gasteiger partial charge in [-0.2, -0.15) is 0 Å². The molecule has 2 aliphatic rings. The zero-order valence-electron chi connectivity index (χ0n) is 12.4. The third-order valence-electron chi connectivity index (χ3n) is 4.57. The minimum atomic E-state index is 0.709. The van der Waals surface area contributed by atoms with Crippen molar-refractivity contribution in [3.05, 3.63) is 48.0 Å².